The van der Waals surface area contributed by atoms with Gasteiger partial charge in [0.25, 0.3) is 5.91 Å². The number of ketones is 1. The Balaban J connectivity index is 2.24. The lowest BCUT2D eigenvalue weighted by atomic mass is 10.0. The van der Waals surface area contributed by atoms with Crippen molar-refractivity contribution in [1.29, 1.82) is 0 Å². The number of carbonyl (C=O) groups is 2. The number of aromatic nitrogens is 1. The quantitative estimate of drug-likeness (QED) is 0.242. The third-order valence-electron chi connectivity index (χ3n) is 6.64. The number of aryl methyl sites for hydroxylation is 2. The van der Waals surface area contributed by atoms with Crippen molar-refractivity contribution in [3.05, 3.63) is 63.8 Å². The third-order valence-corrected chi connectivity index (χ3v) is 8.75. The zero-order valence-electron chi connectivity index (χ0n) is 21.2. The summed E-state index contributed by atoms with van der Waals surface area (Å²) in [4.78, 5) is 28.0. The second-order valence-electron chi connectivity index (χ2n) is 9.44. The van der Waals surface area contributed by atoms with Crippen molar-refractivity contribution in [2.24, 2.45) is 5.92 Å². The smallest absolute Gasteiger partial charge is 0.262 e. The van der Waals surface area contributed by atoms with Gasteiger partial charge in [0.2, 0.25) is 10.0 Å². The average molecular weight is 500 g/mol. The Morgan fingerprint density at radius 3 is 2.29 bits per heavy atom. The molecule has 0 aliphatic carbocycles. The van der Waals surface area contributed by atoms with E-state index >= 15 is 0 Å². The number of nitrogens with zero attached hydrogens (tertiary/aromatic N) is 1. The van der Waals surface area contributed by atoms with Gasteiger partial charge in [-0.3, -0.25) is 14.8 Å². The standard InChI is InChI=1S/C26H33N3O5S/c1-14(2)24(26(31)28-32)29(35(33,34)25-16(4)10-15(3)17(5)18(25)6)13-20-8-9-23-21(11-20)22(12-27-23)19(7)30/h8-12,14,24,27,32H,13H2,1-7H3,(H,28,31)/t24-/m1/s1. The summed E-state index contributed by atoms with van der Waals surface area (Å²) in [6.45, 7) is 12.1. The molecule has 1 heterocycles. The zero-order chi connectivity index (χ0) is 26.2. The van der Waals surface area contributed by atoms with Gasteiger partial charge in [0.1, 0.15) is 6.04 Å². The van der Waals surface area contributed by atoms with Crippen molar-refractivity contribution in [1.82, 2.24) is 14.8 Å². The van der Waals surface area contributed by atoms with E-state index < -0.39 is 27.9 Å². The van der Waals surface area contributed by atoms with Gasteiger partial charge in [-0.1, -0.05) is 26.0 Å². The summed E-state index contributed by atoms with van der Waals surface area (Å²) in [5.74, 6) is -1.36. The summed E-state index contributed by atoms with van der Waals surface area (Å²) < 4.78 is 29.5. The van der Waals surface area contributed by atoms with E-state index in [-0.39, 0.29) is 17.2 Å². The first-order chi connectivity index (χ1) is 16.3. The van der Waals surface area contributed by atoms with Crippen LogP contribution >= 0.6 is 0 Å². The molecule has 0 fully saturated rings. The van der Waals surface area contributed by atoms with E-state index in [1.54, 1.807) is 57.6 Å². The molecule has 1 aromatic heterocycles. The van der Waals surface area contributed by atoms with Crippen molar-refractivity contribution in [2.75, 3.05) is 0 Å². The number of rotatable bonds is 8. The summed E-state index contributed by atoms with van der Waals surface area (Å²) >= 11 is 0. The predicted octanol–water partition coefficient (Wildman–Crippen LogP) is 4.33. The van der Waals surface area contributed by atoms with Crippen LogP contribution in [0.15, 0.2) is 35.4 Å². The molecule has 1 atom stereocenters. The number of aromatic amines is 1. The summed E-state index contributed by atoms with van der Waals surface area (Å²) in [5, 5.41) is 10.1. The van der Waals surface area contributed by atoms with E-state index in [1.807, 2.05) is 19.9 Å². The van der Waals surface area contributed by atoms with Crippen LogP contribution in [-0.2, 0) is 21.4 Å². The molecule has 35 heavy (non-hydrogen) atoms. The highest BCUT2D eigenvalue weighted by Crippen LogP contribution is 2.32. The molecule has 3 N–H and O–H groups in total. The number of hydrogen-bond acceptors (Lipinski definition) is 5. The number of H-pyrrole nitrogens is 1. The second-order valence-corrected chi connectivity index (χ2v) is 11.3. The van der Waals surface area contributed by atoms with Crippen molar-refractivity contribution in [3.63, 3.8) is 0 Å². The van der Waals surface area contributed by atoms with Gasteiger partial charge in [-0.15, -0.1) is 0 Å². The molecule has 0 saturated carbocycles. The second kappa shape index (κ2) is 9.93. The van der Waals surface area contributed by atoms with Crippen LogP contribution in [-0.4, -0.2) is 40.6 Å². The molecule has 0 aliphatic heterocycles. The molecule has 2 aromatic carbocycles. The number of fused-ring (bicyclic) bond motifs is 1. The maximum absolute atomic E-state index is 14.2. The van der Waals surface area contributed by atoms with Crippen molar-refractivity contribution in [2.45, 2.75) is 65.9 Å². The maximum atomic E-state index is 14.2. The van der Waals surface area contributed by atoms with Gasteiger partial charge >= 0.3 is 0 Å². The van der Waals surface area contributed by atoms with Gasteiger partial charge < -0.3 is 4.98 Å². The minimum Gasteiger partial charge on any atom is -0.360 e. The Labute approximate surface area is 206 Å². The summed E-state index contributed by atoms with van der Waals surface area (Å²) in [6, 6.07) is 5.97. The van der Waals surface area contributed by atoms with Gasteiger partial charge in [-0.05, 0) is 80.5 Å². The van der Waals surface area contributed by atoms with Crippen LogP contribution in [0.1, 0.15) is 58.9 Å². The average Bonchev–Trinajstić information content (AvgIpc) is 3.20. The number of hydrogen-bond donors (Lipinski definition) is 3. The highest BCUT2D eigenvalue weighted by Gasteiger charge is 2.39. The fraction of sp³-hybridized carbons (Fsp3) is 0.385. The molecule has 1 amide bonds. The van der Waals surface area contributed by atoms with E-state index in [2.05, 4.69) is 4.98 Å². The minimum atomic E-state index is -4.18. The van der Waals surface area contributed by atoms with Crippen molar-refractivity contribution in [3.8, 4) is 0 Å². The Morgan fingerprint density at radius 1 is 1.06 bits per heavy atom. The number of amides is 1. The molecular formula is C26H33N3O5S. The highest BCUT2D eigenvalue weighted by atomic mass is 32.2. The molecule has 0 unspecified atom stereocenters. The molecule has 9 heteroatoms. The Morgan fingerprint density at radius 2 is 1.71 bits per heavy atom. The third kappa shape index (κ3) is 4.89. The van der Waals surface area contributed by atoms with E-state index in [4.69, 9.17) is 0 Å². The van der Waals surface area contributed by atoms with Crippen LogP contribution in [0.2, 0.25) is 0 Å². The molecule has 0 radical (unpaired) electrons. The van der Waals surface area contributed by atoms with Crippen molar-refractivity contribution >= 4 is 32.6 Å². The molecule has 0 aliphatic rings. The molecule has 0 bridgehead atoms. The normalized spacial score (nSPS) is 13.0. The molecule has 3 rings (SSSR count). The number of hydroxylamine groups is 1. The van der Waals surface area contributed by atoms with Crippen LogP contribution in [0.25, 0.3) is 10.9 Å². The van der Waals surface area contributed by atoms with E-state index in [1.165, 1.54) is 6.92 Å². The first-order valence-electron chi connectivity index (χ1n) is 11.4. The van der Waals surface area contributed by atoms with Crippen molar-refractivity contribution < 1.29 is 23.2 Å². The molecule has 0 saturated heterocycles. The molecule has 8 nitrogen and oxygen atoms in total. The lowest BCUT2D eigenvalue weighted by molar-refractivity contribution is -0.134. The largest absolute Gasteiger partial charge is 0.360 e. The SMILES string of the molecule is CC(=O)c1c[nH]c2ccc(CN([C@@H](C(=O)NO)C(C)C)S(=O)(=O)c3c(C)cc(C)c(C)c3C)cc12. The van der Waals surface area contributed by atoms with E-state index in [0.29, 0.717) is 27.6 Å². The number of nitrogens with one attached hydrogen (secondary N) is 2. The Kier molecular flexibility index (Phi) is 7.54. The number of Topliss-reactive ketones (excluding diaryl/α,β-unsaturated/α-hetero) is 1. The van der Waals surface area contributed by atoms with Crippen LogP contribution in [0, 0.1) is 33.6 Å². The van der Waals surface area contributed by atoms with E-state index in [0.717, 1.165) is 20.9 Å². The number of sulfonamides is 1. The van der Waals surface area contributed by atoms with Gasteiger partial charge in [-0.2, -0.15) is 4.31 Å². The van der Waals surface area contributed by atoms with Crippen LogP contribution in [0.4, 0.5) is 0 Å². The molecule has 0 spiro atoms. The first-order valence-corrected chi connectivity index (χ1v) is 12.9. The van der Waals surface area contributed by atoms with Gasteiger partial charge in [0.15, 0.2) is 5.78 Å². The Hall–Kier alpha value is -3.01. The zero-order valence-corrected chi connectivity index (χ0v) is 22.0. The molecular weight excluding hydrogens is 466 g/mol. The van der Waals surface area contributed by atoms with Gasteiger partial charge in [-0.25, -0.2) is 13.9 Å². The maximum Gasteiger partial charge on any atom is 0.262 e. The highest BCUT2D eigenvalue weighted by molar-refractivity contribution is 7.89. The van der Waals surface area contributed by atoms with Gasteiger partial charge in [0, 0.05) is 29.2 Å². The van der Waals surface area contributed by atoms with Crippen LogP contribution in [0.5, 0.6) is 0 Å². The summed E-state index contributed by atoms with van der Waals surface area (Å²) in [7, 11) is -4.18. The number of carbonyl (C=O) groups excluding carboxylic acids is 2. The minimum absolute atomic E-state index is 0.112. The number of benzene rings is 2. The summed E-state index contributed by atoms with van der Waals surface area (Å²) in [5.41, 5.74) is 6.56. The first kappa shape index (κ1) is 26.6. The lowest BCUT2D eigenvalue weighted by Gasteiger charge is -2.33. The fourth-order valence-corrected chi connectivity index (χ4v) is 6.87. The fourth-order valence-electron chi connectivity index (χ4n) is 4.68. The van der Waals surface area contributed by atoms with E-state index in [9.17, 15) is 23.2 Å². The summed E-state index contributed by atoms with van der Waals surface area (Å²) in [6.07, 6.45) is 1.63. The van der Waals surface area contributed by atoms with Crippen LogP contribution < -0.4 is 5.48 Å². The monoisotopic (exact) mass is 499 g/mol. The lowest BCUT2D eigenvalue weighted by Crippen LogP contribution is -2.51. The molecule has 188 valence electrons. The molecule has 3 aromatic rings. The predicted molar refractivity (Wildman–Crippen MR) is 135 cm³/mol. The topological polar surface area (TPSA) is 120 Å². The Bertz CT molecular complexity index is 1410. The van der Waals surface area contributed by atoms with Gasteiger partial charge in [0.05, 0.1) is 4.90 Å². The van der Waals surface area contributed by atoms with Crippen LogP contribution in [0.3, 0.4) is 0 Å².